The van der Waals surface area contributed by atoms with Crippen molar-refractivity contribution in [3.8, 4) is 0 Å². The number of benzene rings is 1. The molecule has 0 atom stereocenters. The zero-order chi connectivity index (χ0) is 13.6. The lowest BCUT2D eigenvalue weighted by molar-refractivity contribution is 0.0989. The molecule has 0 radical (unpaired) electrons. The summed E-state index contributed by atoms with van der Waals surface area (Å²) in [5.74, 6) is -0.130. The number of ketones is 1. The lowest BCUT2D eigenvalue weighted by Crippen LogP contribution is -2.13. The molecular formula is C13H19NO3S. The van der Waals surface area contributed by atoms with Crippen molar-refractivity contribution in [2.75, 3.05) is 18.1 Å². The van der Waals surface area contributed by atoms with Crippen molar-refractivity contribution in [2.45, 2.75) is 19.8 Å². The minimum atomic E-state index is -3.08. The van der Waals surface area contributed by atoms with Crippen LogP contribution in [-0.4, -0.2) is 32.3 Å². The largest absolute Gasteiger partial charge is 0.330 e. The fourth-order valence-electron chi connectivity index (χ4n) is 1.56. The van der Waals surface area contributed by atoms with Crippen LogP contribution in [0.3, 0.4) is 0 Å². The normalized spacial score (nSPS) is 11.4. The smallest absolute Gasteiger partial charge is 0.163 e. The molecule has 0 spiro atoms. The third-order valence-electron chi connectivity index (χ3n) is 2.79. The number of nitrogens with two attached hydrogens (primary N) is 1. The fourth-order valence-corrected chi connectivity index (χ4v) is 2.35. The first-order valence-corrected chi connectivity index (χ1v) is 7.83. The van der Waals surface area contributed by atoms with Crippen LogP contribution >= 0.6 is 0 Å². The Balaban J connectivity index is 2.62. The molecule has 1 aromatic rings. The first-order valence-electron chi connectivity index (χ1n) is 6.01. The highest BCUT2D eigenvalue weighted by atomic mass is 32.2. The molecule has 0 fully saturated rings. The Hall–Kier alpha value is -1.20. The molecule has 18 heavy (non-hydrogen) atoms. The van der Waals surface area contributed by atoms with Gasteiger partial charge < -0.3 is 5.73 Å². The maximum absolute atomic E-state index is 11.8. The number of sulfone groups is 1. The summed E-state index contributed by atoms with van der Waals surface area (Å²) < 4.78 is 22.6. The van der Waals surface area contributed by atoms with E-state index in [0.717, 1.165) is 12.0 Å². The van der Waals surface area contributed by atoms with Crippen molar-refractivity contribution in [1.29, 1.82) is 0 Å². The number of hydrogen-bond acceptors (Lipinski definition) is 4. The summed E-state index contributed by atoms with van der Waals surface area (Å²) in [4.78, 5) is 11.8. The third kappa shape index (κ3) is 4.58. The lowest BCUT2D eigenvalue weighted by atomic mass is 10.1. The van der Waals surface area contributed by atoms with Gasteiger partial charge in [0.15, 0.2) is 5.78 Å². The number of hydrogen-bond donors (Lipinski definition) is 1. The van der Waals surface area contributed by atoms with E-state index in [1.54, 1.807) is 19.1 Å². The minimum absolute atomic E-state index is 0.0480. The maximum Gasteiger partial charge on any atom is 0.163 e. The van der Waals surface area contributed by atoms with Gasteiger partial charge in [-0.15, -0.1) is 0 Å². The molecule has 4 nitrogen and oxygen atoms in total. The molecule has 1 rings (SSSR count). The van der Waals surface area contributed by atoms with Crippen LogP contribution in [0.2, 0.25) is 0 Å². The Morgan fingerprint density at radius 2 is 1.83 bits per heavy atom. The van der Waals surface area contributed by atoms with Gasteiger partial charge in [-0.25, -0.2) is 8.42 Å². The number of Topliss-reactive ketones (excluding diaryl/α,β-unsaturated/α-hetero) is 1. The molecule has 0 heterocycles. The predicted octanol–water partition coefficient (Wildman–Crippen LogP) is 1.20. The van der Waals surface area contributed by atoms with Crippen molar-refractivity contribution >= 4 is 15.6 Å². The molecule has 0 aliphatic carbocycles. The van der Waals surface area contributed by atoms with Gasteiger partial charge in [0.25, 0.3) is 0 Å². The standard InChI is InChI=1S/C13H19NO3S/c1-2-18(16,17)10-8-13(15)12-5-3-11(4-6-12)7-9-14/h3-6H,2,7-10,14H2,1H3. The van der Waals surface area contributed by atoms with E-state index >= 15 is 0 Å². The van der Waals surface area contributed by atoms with Crippen LogP contribution < -0.4 is 5.73 Å². The molecule has 100 valence electrons. The molecule has 0 saturated heterocycles. The van der Waals surface area contributed by atoms with Gasteiger partial charge in [-0.1, -0.05) is 31.2 Å². The van der Waals surface area contributed by atoms with Crippen LogP contribution in [0.5, 0.6) is 0 Å². The molecular weight excluding hydrogens is 250 g/mol. The van der Waals surface area contributed by atoms with Gasteiger partial charge in [-0.3, -0.25) is 4.79 Å². The average Bonchev–Trinajstić information content (AvgIpc) is 2.37. The van der Waals surface area contributed by atoms with E-state index in [1.807, 2.05) is 12.1 Å². The van der Waals surface area contributed by atoms with Crippen molar-refractivity contribution in [3.05, 3.63) is 35.4 Å². The molecule has 0 saturated carbocycles. The van der Waals surface area contributed by atoms with Crippen LogP contribution in [0.1, 0.15) is 29.3 Å². The van der Waals surface area contributed by atoms with E-state index in [2.05, 4.69) is 0 Å². The fraction of sp³-hybridized carbons (Fsp3) is 0.462. The van der Waals surface area contributed by atoms with E-state index in [-0.39, 0.29) is 23.7 Å². The molecule has 0 amide bonds. The van der Waals surface area contributed by atoms with E-state index < -0.39 is 9.84 Å². The zero-order valence-electron chi connectivity index (χ0n) is 10.6. The van der Waals surface area contributed by atoms with Gasteiger partial charge in [0.1, 0.15) is 9.84 Å². The topological polar surface area (TPSA) is 77.2 Å². The molecule has 2 N–H and O–H groups in total. The number of rotatable bonds is 7. The van der Waals surface area contributed by atoms with Gasteiger partial charge in [-0.05, 0) is 18.5 Å². The van der Waals surface area contributed by atoms with E-state index in [4.69, 9.17) is 5.73 Å². The van der Waals surface area contributed by atoms with E-state index in [9.17, 15) is 13.2 Å². The molecule has 0 unspecified atom stereocenters. The van der Waals surface area contributed by atoms with Gasteiger partial charge in [0.05, 0.1) is 5.75 Å². The second kappa shape index (κ2) is 6.66. The highest BCUT2D eigenvalue weighted by molar-refractivity contribution is 7.91. The first-order chi connectivity index (χ1) is 8.48. The van der Waals surface area contributed by atoms with Crippen molar-refractivity contribution in [3.63, 3.8) is 0 Å². The van der Waals surface area contributed by atoms with E-state index in [1.165, 1.54) is 0 Å². The second-order valence-corrected chi connectivity index (χ2v) is 6.62. The Kier molecular flexibility index (Phi) is 5.50. The van der Waals surface area contributed by atoms with Gasteiger partial charge in [-0.2, -0.15) is 0 Å². The van der Waals surface area contributed by atoms with Crippen molar-refractivity contribution in [1.82, 2.24) is 0 Å². The average molecular weight is 269 g/mol. The molecule has 5 heteroatoms. The van der Waals surface area contributed by atoms with E-state index in [0.29, 0.717) is 12.1 Å². The summed E-state index contributed by atoms with van der Waals surface area (Å²) in [6.07, 6.45) is 0.824. The van der Waals surface area contributed by atoms with Crippen molar-refractivity contribution < 1.29 is 13.2 Å². The molecule has 0 aliphatic heterocycles. The second-order valence-electron chi connectivity index (χ2n) is 4.15. The lowest BCUT2D eigenvalue weighted by Gasteiger charge is -2.03. The zero-order valence-corrected chi connectivity index (χ0v) is 11.4. The Labute approximate surface area is 108 Å². The van der Waals surface area contributed by atoms with Crippen LogP contribution in [0.25, 0.3) is 0 Å². The first kappa shape index (κ1) is 14.9. The quantitative estimate of drug-likeness (QED) is 0.754. The Morgan fingerprint density at radius 1 is 1.22 bits per heavy atom. The molecule has 0 aromatic heterocycles. The van der Waals surface area contributed by atoms with Gasteiger partial charge >= 0.3 is 0 Å². The third-order valence-corrected chi connectivity index (χ3v) is 4.49. The summed E-state index contributed by atoms with van der Waals surface area (Å²) in [7, 11) is -3.08. The summed E-state index contributed by atoms with van der Waals surface area (Å²) in [5, 5.41) is 0. The monoisotopic (exact) mass is 269 g/mol. The minimum Gasteiger partial charge on any atom is -0.330 e. The van der Waals surface area contributed by atoms with Crippen LogP contribution in [0.15, 0.2) is 24.3 Å². The SMILES string of the molecule is CCS(=O)(=O)CCC(=O)c1ccc(CCN)cc1. The highest BCUT2D eigenvalue weighted by Gasteiger charge is 2.12. The molecule has 0 aliphatic rings. The Bertz CT molecular complexity index is 491. The number of carbonyl (C=O) groups is 1. The maximum atomic E-state index is 11.8. The molecule has 1 aromatic carbocycles. The van der Waals surface area contributed by atoms with Gasteiger partial charge in [0, 0.05) is 17.7 Å². The summed E-state index contributed by atoms with van der Waals surface area (Å²) in [6, 6.07) is 7.17. The Morgan fingerprint density at radius 3 is 2.33 bits per heavy atom. The summed E-state index contributed by atoms with van der Waals surface area (Å²) in [6.45, 7) is 2.16. The van der Waals surface area contributed by atoms with Crippen LogP contribution in [0.4, 0.5) is 0 Å². The van der Waals surface area contributed by atoms with Crippen molar-refractivity contribution in [2.24, 2.45) is 5.73 Å². The summed E-state index contributed by atoms with van der Waals surface area (Å²) >= 11 is 0. The number of carbonyl (C=O) groups excluding carboxylic acids is 1. The molecule has 0 bridgehead atoms. The van der Waals surface area contributed by atoms with Crippen LogP contribution in [0, 0.1) is 0 Å². The highest BCUT2D eigenvalue weighted by Crippen LogP contribution is 2.08. The predicted molar refractivity (Wildman–Crippen MR) is 72.5 cm³/mol. The van der Waals surface area contributed by atoms with Gasteiger partial charge in [0.2, 0.25) is 0 Å². The summed E-state index contributed by atoms with van der Waals surface area (Å²) in [5.41, 5.74) is 7.07. The van der Waals surface area contributed by atoms with Crippen LogP contribution in [-0.2, 0) is 16.3 Å².